The highest BCUT2D eigenvalue weighted by molar-refractivity contribution is 7.99. The van der Waals surface area contributed by atoms with E-state index in [0.29, 0.717) is 12.3 Å². The number of hydrogen-bond donors (Lipinski definition) is 0. The van der Waals surface area contributed by atoms with Gasteiger partial charge in [-0.1, -0.05) is 0 Å². The summed E-state index contributed by atoms with van der Waals surface area (Å²) in [5.41, 5.74) is 0.0361. The van der Waals surface area contributed by atoms with Gasteiger partial charge in [0.1, 0.15) is 0 Å². The number of amides is 1. The average molecular weight is 278 g/mol. The van der Waals surface area contributed by atoms with Crippen LogP contribution in [0.5, 0.6) is 0 Å². The van der Waals surface area contributed by atoms with Crippen LogP contribution >= 0.6 is 11.8 Å². The number of nitrogens with zero attached hydrogens (tertiary/aromatic N) is 2. The molecule has 0 aromatic carbocycles. The van der Waals surface area contributed by atoms with Gasteiger partial charge in [0, 0.05) is 25.5 Å². The number of aromatic nitrogens is 1. The predicted molar refractivity (Wildman–Crippen MR) is 79.4 cm³/mol. The molecule has 19 heavy (non-hydrogen) atoms. The van der Waals surface area contributed by atoms with Crippen LogP contribution in [0.2, 0.25) is 0 Å². The van der Waals surface area contributed by atoms with Crippen molar-refractivity contribution in [2.75, 3.05) is 24.6 Å². The van der Waals surface area contributed by atoms with Gasteiger partial charge < -0.3 is 9.47 Å². The lowest BCUT2D eigenvalue weighted by Gasteiger charge is -2.39. The van der Waals surface area contributed by atoms with Gasteiger partial charge in [0.05, 0.1) is 12.0 Å². The fourth-order valence-electron chi connectivity index (χ4n) is 3.29. The van der Waals surface area contributed by atoms with Gasteiger partial charge in [-0.05, 0) is 49.3 Å². The maximum atomic E-state index is 12.5. The molecule has 0 aliphatic carbocycles. The molecule has 0 N–H and O–H groups in total. The lowest BCUT2D eigenvalue weighted by molar-refractivity contribution is -0.132. The molecule has 1 aromatic heterocycles. The number of thioether (sulfide) groups is 1. The van der Waals surface area contributed by atoms with E-state index in [1.165, 1.54) is 24.3 Å². The number of hydrogen-bond acceptors (Lipinski definition) is 2. The molecule has 1 amide bonds. The molecule has 0 saturated carbocycles. The summed E-state index contributed by atoms with van der Waals surface area (Å²) in [6.07, 6.45) is 9.54. The van der Waals surface area contributed by atoms with Crippen LogP contribution < -0.4 is 0 Å². The fraction of sp³-hybridized carbons (Fsp3) is 0.667. The monoisotopic (exact) mass is 278 g/mol. The Morgan fingerprint density at radius 3 is 2.37 bits per heavy atom. The minimum absolute atomic E-state index is 0.0361. The van der Waals surface area contributed by atoms with Crippen molar-refractivity contribution in [3.8, 4) is 0 Å². The van der Waals surface area contributed by atoms with E-state index in [4.69, 9.17) is 0 Å². The van der Waals surface area contributed by atoms with Gasteiger partial charge in [-0.15, -0.1) is 0 Å². The number of carbonyl (C=O) groups excluding carboxylic acids is 1. The smallest absolute Gasteiger partial charge is 0.224 e. The van der Waals surface area contributed by atoms with Gasteiger partial charge >= 0.3 is 0 Å². The Kier molecular flexibility index (Phi) is 3.87. The second-order valence-electron chi connectivity index (χ2n) is 5.69. The summed E-state index contributed by atoms with van der Waals surface area (Å²) in [7, 11) is 0. The standard InChI is InChI=1S/C15H22N2OS/c18-14(16-7-1-2-8-16)13-15(5-11-19-12-6-15)17-9-3-4-10-17/h3-4,9-10H,1-2,5-8,11-13H2. The first kappa shape index (κ1) is 13.1. The van der Waals surface area contributed by atoms with E-state index < -0.39 is 0 Å². The molecule has 4 heteroatoms. The summed E-state index contributed by atoms with van der Waals surface area (Å²) in [5, 5.41) is 0. The SMILES string of the molecule is O=C(CC1(n2cccc2)CCSCC1)N1CCCC1. The number of rotatable bonds is 3. The Bertz CT molecular complexity index is 417. The first-order valence-corrected chi connectivity index (χ1v) is 8.45. The number of likely N-dealkylation sites (tertiary alicyclic amines) is 1. The van der Waals surface area contributed by atoms with Gasteiger partial charge in [-0.3, -0.25) is 4.79 Å². The number of carbonyl (C=O) groups is 1. The molecular weight excluding hydrogens is 256 g/mol. The van der Waals surface area contributed by atoms with Gasteiger partial charge in [0.25, 0.3) is 0 Å². The van der Waals surface area contributed by atoms with Gasteiger partial charge in [0.15, 0.2) is 0 Å². The average Bonchev–Trinajstić information content (AvgIpc) is 3.13. The zero-order valence-corrected chi connectivity index (χ0v) is 12.2. The zero-order chi connectivity index (χ0) is 13.1. The summed E-state index contributed by atoms with van der Waals surface area (Å²) in [6, 6.07) is 4.15. The van der Waals surface area contributed by atoms with Crippen LogP contribution in [-0.2, 0) is 10.3 Å². The molecule has 3 rings (SSSR count). The summed E-state index contributed by atoms with van der Waals surface area (Å²) < 4.78 is 2.29. The Labute approximate surface area is 119 Å². The molecule has 2 aliphatic heterocycles. The lowest BCUT2D eigenvalue weighted by Crippen LogP contribution is -2.42. The van der Waals surface area contributed by atoms with Crippen LogP contribution in [0.25, 0.3) is 0 Å². The lowest BCUT2D eigenvalue weighted by atomic mass is 9.87. The third kappa shape index (κ3) is 2.69. The summed E-state index contributed by atoms with van der Waals surface area (Å²) in [5.74, 6) is 2.70. The van der Waals surface area contributed by atoms with Crippen molar-refractivity contribution in [1.82, 2.24) is 9.47 Å². The van der Waals surface area contributed by atoms with Gasteiger partial charge in [0.2, 0.25) is 5.91 Å². The Hall–Kier alpha value is -0.900. The molecule has 0 radical (unpaired) electrons. The van der Waals surface area contributed by atoms with Crippen LogP contribution in [0.4, 0.5) is 0 Å². The van der Waals surface area contributed by atoms with Gasteiger partial charge in [-0.25, -0.2) is 0 Å². The molecule has 0 spiro atoms. The minimum atomic E-state index is 0.0361. The van der Waals surface area contributed by atoms with E-state index >= 15 is 0 Å². The predicted octanol–water partition coefficient (Wildman–Crippen LogP) is 2.72. The first-order valence-electron chi connectivity index (χ1n) is 7.29. The van der Waals surface area contributed by atoms with Crippen molar-refractivity contribution in [2.24, 2.45) is 0 Å². The van der Waals surface area contributed by atoms with Crippen LogP contribution in [0, 0.1) is 0 Å². The second kappa shape index (κ2) is 5.61. The van der Waals surface area contributed by atoms with Crippen molar-refractivity contribution in [1.29, 1.82) is 0 Å². The molecule has 2 aliphatic rings. The third-order valence-electron chi connectivity index (χ3n) is 4.51. The topological polar surface area (TPSA) is 25.2 Å². The Morgan fingerprint density at radius 1 is 1.11 bits per heavy atom. The molecule has 3 heterocycles. The summed E-state index contributed by atoms with van der Waals surface area (Å²) >= 11 is 2.02. The van der Waals surface area contributed by atoms with Crippen molar-refractivity contribution in [3.63, 3.8) is 0 Å². The quantitative estimate of drug-likeness (QED) is 0.849. The maximum Gasteiger partial charge on any atom is 0.224 e. The third-order valence-corrected chi connectivity index (χ3v) is 5.50. The highest BCUT2D eigenvalue weighted by atomic mass is 32.2. The van der Waals surface area contributed by atoms with Crippen molar-refractivity contribution >= 4 is 17.7 Å². The first-order chi connectivity index (χ1) is 9.30. The van der Waals surface area contributed by atoms with Gasteiger partial charge in [-0.2, -0.15) is 11.8 Å². The van der Waals surface area contributed by atoms with Crippen molar-refractivity contribution in [2.45, 2.75) is 37.6 Å². The van der Waals surface area contributed by atoms with E-state index in [1.54, 1.807) is 0 Å². The Balaban J connectivity index is 1.77. The summed E-state index contributed by atoms with van der Waals surface area (Å²) in [6.45, 7) is 1.94. The molecule has 0 bridgehead atoms. The van der Waals surface area contributed by atoms with E-state index in [2.05, 4.69) is 34.0 Å². The minimum Gasteiger partial charge on any atom is -0.348 e. The molecule has 0 unspecified atom stereocenters. The molecular formula is C15H22N2OS. The molecule has 0 atom stereocenters. The highest BCUT2D eigenvalue weighted by Crippen LogP contribution is 2.37. The van der Waals surface area contributed by atoms with Crippen LogP contribution in [0.1, 0.15) is 32.1 Å². The van der Waals surface area contributed by atoms with E-state index in [1.807, 2.05) is 11.8 Å². The molecule has 2 fully saturated rings. The highest BCUT2D eigenvalue weighted by Gasteiger charge is 2.37. The van der Waals surface area contributed by atoms with Crippen LogP contribution in [0.3, 0.4) is 0 Å². The van der Waals surface area contributed by atoms with E-state index in [0.717, 1.165) is 25.9 Å². The van der Waals surface area contributed by atoms with E-state index in [-0.39, 0.29) is 5.54 Å². The maximum absolute atomic E-state index is 12.5. The van der Waals surface area contributed by atoms with Crippen LogP contribution in [-0.4, -0.2) is 40.0 Å². The second-order valence-corrected chi connectivity index (χ2v) is 6.92. The van der Waals surface area contributed by atoms with E-state index in [9.17, 15) is 4.79 Å². The van der Waals surface area contributed by atoms with Crippen molar-refractivity contribution in [3.05, 3.63) is 24.5 Å². The fourth-order valence-corrected chi connectivity index (χ4v) is 4.54. The van der Waals surface area contributed by atoms with Crippen molar-refractivity contribution < 1.29 is 4.79 Å². The largest absolute Gasteiger partial charge is 0.348 e. The normalized spacial score (nSPS) is 22.6. The molecule has 2 saturated heterocycles. The summed E-state index contributed by atoms with van der Waals surface area (Å²) in [4.78, 5) is 14.6. The zero-order valence-electron chi connectivity index (χ0n) is 11.4. The van der Waals surface area contributed by atoms with Crippen LogP contribution in [0.15, 0.2) is 24.5 Å². The molecule has 104 valence electrons. The molecule has 3 nitrogen and oxygen atoms in total. The molecule has 1 aromatic rings. The Morgan fingerprint density at radius 2 is 1.74 bits per heavy atom.